The average Bonchev–Trinajstić information content (AvgIpc) is 2.89. The van der Waals surface area contributed by atoms with Crippen LogP contribution in [0.15, 0.2) is 104 Å². The third kappa shape index (κ3) is 4.21. The summed E-state index contributed by atoms with van der Waals surface area (Å²) < 4.78 is 0. The van der Waals surface area contributed by atoms with Gasteiger partial charge in [-0.05, 0) is 77.7 Å². The summed E-state index contributed by atoms with van der Waals surface area (Å²) in [6, 6.07) is 21.0. The summed E-state index contributed by atoms with van der Waals surface area (Å²) >= 11 is 0. The highest BCUT2D eigenvalue weighted by atomic mass is 14.9. The first-order chi connectivity index (χ1) is 15.8. The predicted octanol–water partition coefficient (Wildman–Crippen LogP) is 6.01. The molecule has 1 atom stereocenters. The Morgan fingerprint density at radius 2 is 1.59 bits per heavy atom. The molecule has 1 aromatic carbocycles. The molecule has 1 aliphatic heterocycles. The predicted molar refractivity (Wildman–Crippen MR) is 130 cm³/mol. The Kier molecular flexibility index (Phi) is 5.58. The molecule has 0 saturated carbocycles. The highest BCUT2D eigenvalue weighted by molar-refractivity contribution is 5.74. The van der Waals surface area contributed by atoms with Gasteiger partial charge in [-0.2, -0.15) is 0 Å². The van der Waals surface area contributed by atoms with Gasteiger partial charge in [0.15, 0.2) is 0 Å². The molecule has 4 heteroatoms. The number of allylic oxidation sites excluding steroid dienone is 2. The summed E-state index contributed by atoms with van der Waals surface area (Å²) in [7, 11) is 0. The Morgan fingerprint density at radius 1 is 0.812 bits per heavy atom. The number of dihydropyridines is 1. The first-order valence-electron chi connectivity index (χ1n) is 10.9. The number of rotatable bonds is 5. The zero-order chi connectivity index (χ0) is 21.8. The fraction of sp³-hybridized carbons (Fsp3) is 0.107. The van der Waals surface area contributed by atoms with Crippen molar-refractivity contribution in [1.82, 2.24) is 20.3 Å². The van der Waals surface area contributed by atoms with E-state index < -0.39 is 0 Å². The number of nitrogens with zero attached hydrogens (tertiary/aromatic N) is 3. The molecule has 32 heavy (non-hydrogen) atoms. The third-order valence-electron chi connectivity index (χ3n) is 5.64. The lowest BCUT2D eigenvalue weighted by atomic mass is 9.97. The molecule has 0 radical (unpaired) electrons. The molecule has 1 unspecified atom stereocenters. The molecular formula is C28H24N4. The first kappa shape index (κ1) is 19.9. The highest BCUT2D eigenvalue weighted by Gasteiger charge is 2.15. The summed E-state index contributed by atoms with van der Waals surface area (Å²) in [4.78, 5) is 13.4. The molecule has 1 N–H and O–H groups in total. The lowest BCUT2D eigenvalue weighted by molar-refractivity contribution is 0.759. The van der Waals surface area contributed by atoms with Crippen LogP contribution < -0.4 is 5.32 Å². The van der Waals surface area contributed by atoms with E-state index in [1.807, 2.05) is 36.7 Å². The van der Waals surface area contributed by atoms with Gasteiger partial charge in [0.1, 0.15) is 0 Å². The number of benzene rings is 1. The Hall–Kier alpha value is -4.05. The fourth-order valence-corrected chi connectivity index (χ4v) is 3.93. The van der Waals surface area contributed by atoms with Gasteiger partial charge >= 0.3 is 0 Å². The summed E-state index contributed by atoms with van der Waals surface area (Å²) in [6.07, 6.45) is 14.7. The smallest absolute Gasteiger partial charge is 0.0725 e. The van der Waals surface area contributed by atoms with Gasteiger partial charge in [0.2, 0.25) is 0 Å². The van der Waals surface area contributed by atoms with Crippen molar-refractivity contribution in [3.63, 3.8) is 0 Å². The van der Waals surface area contributed by atoms with E-state index in [0.717, 1.165) is 45.8 Å². The molecule has 0 spiro atoms. The molecule has 0 aliphatic carbocycles. The van der Waals surface area contributed by atoms with Crippen molar-refractivity contribution in [1.29, 1.82) is 0 Å². The second-order valence-corrected chi connectivity index (χ2v) is 7.80. The third-order valence-corrected chi connectivity index (χ3v) is 5.64. The van der Waals surface area contributed by atoms with Crippen molar-refractivity contribution >= 4 is 5.70 Å². The van der Waals surface area contributed by atoms with Crippen molar-refractivity contribution in [3.8, 4) is 22.5 Å². The fourth-order valence-electron chi connectivity index (χ4n) is 3.93. The van der Waals surface area contributed by atoms with E-state index in [0.29, 0.717) is 0 Å². The summed E-state index contributed by atoms with van der Waals surface area (Å²) in [6.45, 7) is 2.18. The number of hydrogen-bond donors (Lipinski definition) is 1. The summed E-state index contributed by atoms with van der Waals surface area (Å²) in [5.74, 6) is 0. The van der Waals surface area contributed by atoms with Gasteiger partial charge in [0.05, 0.1) is 17.4 Å². The van der Waals surface area contributed by atoms with Crippen molar-refractivity contribution in [2.45, 2.75) is 19.4 Å². The van der Waals surface area contributed by atoms with Crippen molar-refractivity contribution < 1.29 is 0 Å². The van der Waals surface area contributed by atoms with Crippen LogP contribution in [0.3, 0.4) is 0 Å². The molecular weight excluding hydrogens is 392 g/mol. The van der Waals surface area contributed by atoms with Crippen LogP contribution in [0.1, 0.15) is 29.7 Å². The number of aromatic nitrogens is 3. The normalized spacial score (nSPS) is 15.2. The summed E-state index contributed by atoms with van der Waals surface area (Å²) in [5, 5.41) is 3.66. The van der Waals surface area contributed by atoms with Crippen LogP contribution in [-0.2, 0) is 6.42 Å². The zero-order valence-corrected chi connectivity index (χ0v) is 17.9. The quantitative estimate of drug-likeness (QED) is 0.433. The van der Waals surface area contributed by atoms with E-state index >= 15 is 0 Å². The minimum atomic E-state index is 0.101. The number of aryl methyl sites for hydroxylation is 1. The molecule has 0 bridgehead atoms. The van der Waals surface area contributed by atoms with Crippen LogP contribution in [0.25, 0.3) is 28.2 Å². The van der Waals surface area contributed by atoms with Crippen molar-refractivity contribution in [2.24, 2.45) is 0 Å². The number of hydrogen-bond acceptors (Lipinski definition) is 4. The second-order valence-electron chi connectivity index (χ2n) is 7.80. The number of nitrogens with one attached hydrogen (secondary N) is 1. The van der Waals surface area contributed by atoms with Gasteiger partial charge in [-0.15, -0.1) is 0 Å². The lowest BCUT2D eigenvalue weighted by Gasteiger charge is -2.23. The molecule has 4 nitrogen and oxygen atoms in total. The first-order valence-corrected chi connectivity index (χ1v) is 10.9. The van der Waals surface area contributed by atoms with Crippen LogP contribution in [-0.4, -0.2) is 15.0 Å². The Bertz CT molecular complexity index is 1280. The molecule has 156 valence electrons. The van der Waals surface area contributed by atoms with Crippen LogP contribution in [0.4, 0.5) is 0 Å². The van der Waals surface area contributed by atoms with Gasteiger partial charge in [-0.3, -0.25) is 9.97 Å². The van der Waals surface area contributed by atoms with Gasteiger partial charge in [0.25, 0.3) is 0 Å². The minimum absolute atomic E-state index is 0.101. The SMILES string of the molecule is CCc1cc(C2=CC=CC(c3cccnc3)N2)cc(-c2cccc(-c3cccnc3)n2)c1. The van der Waals surface area contributed by atoms with Crippen LogP contribution in [0.2, 0.25) is 0 Å². The summed E-state index contributed by atoms with van der Waals surface area (Å²) in [5.41, 5.74) is 8.69. The molecule has 4 heterocycles. The lowest BCUT2D eigenvalue weighted by Crippen LogP contribution is -2.20. The van der Waals surface area contributed by atoms with Crippen LogP contribution >= 0.6 is 0 Å². The van der Waals surface area contributed by atoms with E-state index in [2.05, 4.69) is 76.8 Å². The molecule has 4 aromatic rings. The maximum absolute atomic E-state index is 4.94. The van der Waals surface area contributed by atoms with E-state index in [1.54, 1.807) is 12.4 Å². The van der Waals surface area contributed by atoms with Gasteiger partial charge in [-0.1, -0.05) is 31.2 Å². The van der Waals surface area contributed by atoms with Gasteiger partial charge in [-0.25, -0.2) is 4.98 Å². The Labute approximate surface area is 188 Å². The van der Waals surface area contributed by atoms with Crippen LogP contribution in [0.5, 0.6) is 0 Å². The van der Waals surface area contributed by atoms with Gasteiger partial charge in [0, 0.05) is 41.6 Å². The van der Waals surface area contributed by atoms with E-state index in [-0.39, 0.29) is 6.04 Å². The molecule has 0 saturated heterocycles. The average molecular weight is 417 g/mol. The monoisotopic (exact) mass is 416 g/mol. The van der Waals surface area contributed by atoms with Crippen molar-refractivity contribution in [2.75, 3.05) is 0 Å². The molecule has 5 rings (SSSR count). The maximum atomic E-state index is 4.94. The number of pyridine rings is 3. The van der Waals surface area contributed by atoms with Crippen molar-refractivity contribution in [3.05, 3.63) is 120 Å². The van der Waals surface area contributed by atoms with E-state index in [4.69, 9.17) is 4.98 Å². The van der Waals surface area contributed by atoms with E-state index in [9.17, 15) is 0 Å². The molecule has 1 aliphatic rings. The standard InChI is InChI=1S/C28H24N4/c1-2-20-15-23(27-11-3-9-25(31-27)21-7-5-13-29-18-21)17-24(16-20)28-12-4-10-26(32-28)22-8-6-14-30-19-22/h3-19,25,31H,2H2,1H3. The maximum Gasteiger partial charge on any atom is 0.0725 e. The highest BCUT2D eigenvalue weighted by Crippen LogP contribution is 2.29. The largest absolute Gasteiger partial charge is 0.374 e. The Morgan fingerprint density at radius 3 is 2.34 bits per heavy atom. The molecule has 0 fully saturated rings. The minimum Gasteiger partial charge on any atom is -0.374 e. The molecule has 3 aromatic heterocycles. The van der Waals surface area contributed by atoms with E-state index in [1.165, 1.54) is 5.56 Å². The molecule has 0 amide bonds. The zero-order valence-electron chi connectivity index (χ0n) is 17.9. The second kappa shape index (κ2) is 8.98. The Balaban J connectivity index is 1.50. The van der Waals surface area contributed by atoms with Gasteiger partial charge < -0.3 is 5.32 Å². The van der Waals surface area contributed by atoms with Crippen LogP contribution in [0, 0.1) is 0 Å². The topological polar surface area (TPSA) is 50.7 Å².